The molecule has 11 heteroatoms. The minimum Gasteiger partial charge on any atom is -0.466 e. The molecule has 0 bridgehead atoms. The molecule has 1 rings (SSSR count). The summed E-state index contributed by atoms with van der Waals surface area (Å²) < 4.78 is 10.0. The summed E-state index contributed by atoms with van der Waals surface area (Å²) in [6, 6.07) is 4.52. The summed E-state index contributed by atoms with van der Waals surface area (Å²) in [6.07, 6.45) is -1.44. The Labute approximate surface area is 205 Å². The zero-order valence-corrected chi connectivity index (χ0v) is 21.2. The van der Waals surface area contributed by atoms with Crippen LogP contribution in [-0.2, 0) is 28.7 Å². The molecule has 0 spiro atoms. The van der Waals surface area contributed by atoms with E-state index in [9.17, 15) is 24.0 Å². The average molecular weight is 493 g/mol. The van der Waals surface area contributed by atoms with E-state index in [4.69, 9.17) is 15.2 Å². The molecule has 11 nitrogen and oxygen atoms in total. The van der Waals surface area contributed by atoms with Gasteiger partial charge in [-0.2, -0.15) is 0 Å². The molecule has 0 radical (unpaired) electrons. The standard InChI is InChI=1S/C24H36N4O7/c1-7-34-19(30)11-12-26-21(31)20(16-10-8-9-15(2)13-16)28(6)22(32)17(14-18(25)29)27-23(33)35-24(3,4)5/h8-10,13,17,20H,7,11-12,14H2,1-6H3,(H2,25,29)(H,26,31)(H,27,33). The van der Waals surface area contributed by atoms with Crippen LogP contribution in [0.3, 0.4) is 0 Å². The van der Waals surface area contributed by atoms with Gasteiger partial charge in [-0.25, -0.2) is 4.79 Å². The van der Waals surface area contributed by atoms with Crippen molar-refractivity contribution in [2.75, 3.05) is 20.2 Å². The van der Waals surface area contributed by atoms with Crippen molar-refractivity contribution in [1.82, 2.24) is 15.5 Å². The van der Waals surface area contributed by atoms with Crippen LogP contribution in [0.2, 0.25) is 0 Å². The number of primary amides is 1. The molecular weight excluding hydrogens is 456 g/mol. The van der Waals surface area contributed by atoms with E-state index < -0.39 is 53.9 Å². The first-order valence-electron chi connectivity index (χ1n) is 11.3. The lowest BCUT2D eigenvalue weighted by atomic mass is 10.0. The number of alkyl carbamates (subject to hydrolysis) is 1. The topological polar surface area (TPSA) is 157 Å². The second-order valence-electron chi connectivity index (χ2n) is 8.98. The van der Waals surface area contributed by atoms with Gasteiger partial charge < -0.3 is 30.7 Å². The molecule has 1 aromatic rings. The van der Waals surface area contributed by atoms with Crippen molar-refractivity contribution in [3.63, 3.8) is 0 Å². The number of rotatable bonds is 11. The van der Waals surface area contributed by atoms with Crippen molar-refractivity contribution in [2.24, 2.45) is 5.73 Å². The van der Waals surface area contributed by atoms with Crippen LogP contribution in [0.1, 0.15) is 57.7 Å². The van der Waals surface area contributed by atoms with Gasteiger partial charge in [-0.1, -0.05) is 29.8 Å². The van der Waals surface area contributed by atoms with E-state index in [1.54, 1.807) is 45.9 Å². The summed E-state index contributed by atoms with van der Waals surface area (Å²) in [5, 5.41) is 5.01. The zero-order chi connectivity index (χ0) is 26.8. The lowest BCUT2D eigenvalue weighted by molar-refractivity contribution is -0.143. The van der Waals surface area contributed by atoms with Gasteiger partial charge in [0.2, 0.25) is 17.7 Å². The molecule has 1 aromatic carbocycles. The van der Waals surface area contributed by atoms with Crippen molar-refractivity contribution in [1.29, 1.82) is 0 Å². The number of esters is 1. The Balaban J connectivity index is 3.17. The van der Waals surface area contributed by atoms with Crippen molar-refractivity contribution in [3.05, 3.63) is 35.4 Å². The van der Waals surface area contributed by atoms with Gasteiger partial charge in [0.15, 0.2) is 0 Å². The number of nitrogens with one attached hydrogen (secondary N) is 2. The molecular formula is C24H36N4O7. The van der Waals surface area contributed by atoms with E-state index in [2.05, 4.69) is 10.6 Å². The number of hydrogen-bond donors (Lipinski definition) is 3. The normalized spacial score (nSPS) is 12.6. The van der Waals surface area contributed by atoms with Gasteiger partial charge in [0.25, 0.3) is 0 Å². The number of ether oxygens (including phenoxy) is 2. The van der Waals surface area contributed by atoms with Gasteiger partial charge in [-0.15, -0.1) is 0 Å². The highest BCUT2D eigenvalue weighted by Crippen LogP contribution is 2.22. The number of likely N-dealkylation sites (N-methyl/N-ethyl adjacent to an activating group) is 1. The highest BCUT2D eigenvalue weighted by Gasteiger charge is 2.34. The molecule has 4 N–H and O–H groups in total. The van der Waals surface area contributed by atoms with Gasteiger partial charge >= 0.3 is 12.1 Å². The fourth-order valence-corrected chi connectivity index (χ4v) is 3.23. The van der Waals surface area contributed by atoms with E-state index in [1.807, 2.05) is 13.0 Å². The van der Waals surface area contributed by atoms with Crippen molar-refractivity contribution >= 4 is 29.8 Å². The second-order valence-corrected chi connectivity index (χ2v) is 8.98. The molecule has 0 aliphatic carbocycles. The quantitative estimate of drug-likeness (QED) is 0.393. The highest BCUT2D eigenvalue weighted by atomic mass is 16.6. The molecule has 0 saturated heterocycles. The van der Waals surface area contributed by atoms with E-state index in [0.29, 0.717) is 5.56 Å². The Morgan fingerprint density at radius 2 is 1.80 bits per heavy atom. The number of hydrogen-bond acceptors (Lipinski definition) is 7. The number of carbonyl (C=O) groups excluding carboxylic acids is 5. The predicted octanol–water partition coefficient (Wildman–Crippen LogP) is 1.33. The van der Waals surface area contributed by atoms with Gasteiger partial charge in [-0.3, -0.25) is 19.2 Å². The second kappa shape index (κ2) is 13.3. The molecule has 0 aliphatic heterocycles. The summed E-state index contributed by atoms with van der Waals surface area (Å²) in [6.45, 7) is 8.69. The van der Waals surface area contributed by atoms with E-state index in [0.717, 1.165) is 10.5 Å². The predicted molar refractivity (Wildman–Crippen MR) is 128 cm³/mol. The third-order valence-corrected chi connectivity index (χ3v) is 4.67. The van der Waals surface area contributed by atoms with Crippen LogP contribution in [0.25, 0.3) is 0 Å². The molecule has 0 saturated carbocycles. The maximum absolute atomic E-state index is 13.3. The Hall–Kier alpha value is -3.63. The van der Waals surface area contributed by atoms with Crippen LogP contribution < -0.4 is 16.4 Å². The Bertz CT molecular complexity index is 927. The van der Waals surface area contributed by atoms with Crippen molar-refractivity contribution in [2.45, 2.75) is 65.1 Å². The maximum atomic E-state index is 13.3. The molecule has 0 fully saturated rings. The van der Waals surface area contributed by atoms with E-state index in [-0.39, 0.29) is 19.6 Å². The van der Waals surface area contributed by atoms with Crippen molar-refractivity contribution in [3.8, 4) is 0 Å². The van der Waals surface area contributed by atoms with E-state index >= 15 is 0 Å². The Morgan fingerprint density at radius 3 is 2.34 bits per heavy atom. The fraction of sp³-hybridized carbons (Fsp3) is 0.542. The Morgan fingerprint density at radius 1 is 1.14 bits per heavy atom. The minimum absolute atomic E-state index is 0.00286. The number of nitrogens with two attached hydrogens (primary N) is 1. The molecule has 0 aromatic heterocycles. The summed E-state index contributed by atoms with van der Waals surface area (Å²) in [5.41, 5.74) is 5.82. The molecule has 2 atom stereocenters. The van der Waals surface area contributed by atoms with Gasteiger partial charge in [0.05, 0.1) is 19.4 Å². The Kier molecular flexibility index (Phi) is 11.2. The molecule has 35 heavy (non-hydrogen) atoms. The smallest absolute Gasteiger partial charge is 0.408 e. The molecule has 0 aliphatic rings. The number of amides is 4. The fourth-order valence-electron chi connectivity index (χ4n) is 3.23. The third kappa shape index (κ3) is 10.4. The molecule has 194 valence electrons. The molecule has 4 amide bonds. The van der Waals surface area contributed by atoms with Gasteiger partial charge in [-0.05, 0) is 40.2 Å². The summed E-state index contributed by atoms with van der Waals surface area (Å²) in [4.78, 5) is 63.1. The van der Waals surface area contributed by atoms with E-state index in [1.165, 1.54) is 7.05 Å². The average Bonchev–Trinajstić information content (AvgIpc) is 2.71. The van der Waals surface area contributed by atoms with Gasteiger partial charge in [0.1, 0.15) is 17.7 Å². The summed E-state index contributed by atoms with van der Waals surface area (Å²) in [7, 11) is 1.38. The lowest BCUT2D eigenvalue weighted by Crippen LogP contribution is -2.52. The van der Waals surface area contributed by atoms with Crippen molar-refractivity contribution < 1.29 is 33.4 Å². The number of carbonyl (C=O) groups is 5. The zero-order valence-electron chi connectivity index (χ0n) is 21.2. The third-order valence-electron chi connectivity index (χ3n) is 4.67. The maximum Gasteiger partial charge on any atom is 0.408 e. The van der Waals surface area contributed by atoms with Crippen LogP contribution in [-0.4, -0.2) is 66.5 Å². The molecule has 2 unspecified atom stereocenters. The monoisotopic (exact) mass is 492 g/mol. The number of nitrogens with zero attached hydrogens (tertiary/aromatic N) is 1. The lowest BCUT2D eigenvalue weighted by Gasteiger charge is -2.31. The summed E-state index contributed by atoms with van der Waals surface area (Å²) >= 11 is 0. The van der Waals surface area contributed by atoms with Crippen LogP contribution in [0.15, 0.2) is 24.3 Å². The van der Waals surface area contributed by atoms with Crippen LogP contribution in [0.5, 0.6) is 0 Å². The number of aryl methyl sites for hydroxylation is 1. The first kappa shape index (κ1) is 29.4. The minimum atomic E-state index is -1.35. The molecule has 0 heterocycles. The summed E-state index contributed by atoms with van der Waals surface area (Å²) in [5.74, 6) is -2.56. The van der Waals surface area contributed by atoms with Crippen LogP contribution in [0, 0.1) is 6.92 Å². The SMILES string of the molecule is CCOC(=O)CCNC(=O)C(c1cccc(C)c1)N(C)C(=O)C(CC(N)=O)NC(=O)OC(C)(C)C. The first-order valence-corrected chi connectivity index (χ1v) is 11.3. The highest BCUT2D eigenvalue weighted by molar-refractivity contribution is 5.94. The van der Waals surface area contributed by atoms with Crippen LogP contribution >= 0.6 is 0 Å². The van der Waals surface area contributed by atoms with Gasteiger partial charge in [0, 0.05) is 13.6 Å². The largest absolute Gasteiger partial charge is 0.466 e. The first-order chi connectivity index (χ1) is 16.2. The van der Waals surface area contributed by atoms with Crippen LogP contribution in [0.4, 0.5) is 4.79 Å². The number of benzene rings is 1.